The molecule has 0 aromatic carbocycles. The summed E-state index contributed by atoms with van der Waals surface area (Å²) in [4.78, 5) is 23.4. The van der Waals surface area contributed by atoms with Crippen molar-refractivity contribution < 1.29 is 32.9 Å². The molecule has 438 valence electrons. The maximum absolute atomic E-state index is 13.0. The van der Waals surface area contributed by atoms with Crippen LogP contribution in [0.5, 0.6) is 0 Å². The van der Waals surface area contributed by atoms with E-state index in [2.05, 4.69) is 129 Å². The highest BCUT2D eigenvalue weighted by atomic mass is 31.2. The van der Waals surface area contributed by atoms with Crippen molar-refractivity contribution in [2.45, 2.75) is 270 Å². The third-order valence-electron chi connectivity index (χ3n) is 13.5. The Labute approximate surface area is 470 Å². The summed E-state index contributed by atoms with van der Waals surface area (Å²) in [6.45, 7) is 4.74. The van der Waals surface area contributed by atoms with Gasteiger partial charge in [0, 0.05) is 6.42 Å². The van der Waals surface area contributed by atoms with Gasteiger partial charge in [-0.15, -0.1) is 0 Å². The molecule has 0 aliphatic heterocycles. The van der Waals surface area contributed by atoms with Crippen LogP contribution in [-0.4, -0.2) is 73.4 Å². The number of nitrogens with one attached hydrogen (secondary N) is 1. The first-order valence-electron chi connectivity index (χ1n) is 31.3. The van der Waals surface area contributed by atoms with Crippen LogP contribution in [0.2, 0.25) is 0 Å². The van der Waals surface area contributed by atoms with Crippen molar-refractivity contribution in [3.05, 3.63) is 109 Å². The maximum atomic E-state index is 13.0. The van der Waals surface area contributed by atoms with E-state index in [9.17, 15) is 19.4 Å². The standard InChI is InChI=1S/C67H119N2O6P/c1-6-8-10-12-14-16-18-20-22-24-26-28-30-32-33-34-35-37-39-41-43-45-47-49-51-53-55-57-59-61-67(71)68-65(64-75-76(72,73)74-63-62-69(3,4)5)66(70)60-58-56-54-52-50-48-46-44-42-40-38-36-31-29-27-25-23-21-19-17-15-13-11-9-7-2/h8,10,14,16,20,22,26,28,32-33,35,37,41,43,47,49,53,55,65-66,70H,6-7,9,11-13,15,17-19,21,23-25,27,29-31,34,36,38-40,42,44-46,48,50-52,54,56-64H2,1-5H3,(H-,68,71,72,73)/p+1/b10-8-,16-14-,22-20-,28-26-,33-32-,37-35-,43-41-,49-47-,55-53-. The predicted molar refractivity (Wildman–Crippen MR) is 332 cm³/mol. The molecule has 0 rings (SSSR count). The Morgan fingerprint density at radius 2 is 0.776 bits per heavy atom. The molecule has 0 bridgehead atoms. The average molecular weight is 1080 g/mol. The van der Waals surface area contributed by atoms with Crippen LogP contribution in [-0.2, 0) is 18.4 Å². The Morgan fingerprint density at radius 3 is 1.11 bits per heavy atom. The summed E-state index contributed by atoms with van der Waals surface area (Å²) < 4.78 is 23.8. The summed E-state index contributed by atoms with van der Waals surface area (Å²) in [6, 6.07) is -0.801. The fraction of sp³-hybridized carbons (Fsp3) is 0.716. The van der Waals surface area contributed by atoms with Crippen LogP contribution in [0.15, 0.2) is 109 Å². The van der Waals surface area contributed by atoms with Crippen molar-refractivity contribution in [2.24, 2.45) is 0 Å². The summed E-state index contributed by atoms with van der Waals surface area (Å²) in [5, 5.41) is 14.1. The number of nitrogens with zero attached hydrogens (tertiary/aromatic N) is 1. The largest absolute Gasteiger partial charge is 0.472 e. The third kappa shape index (κ3) is 58.8. The number of rotatable bonds is 56. The number of allylic oxidation sites excluding steroid dienone is 18. The smallest absolute Gasteiger partial charge is 0.391 e. The number of carbonyl (C=O) groups is 1. The SMILES string of the molecule is CC/C=C\C/C=C\C/C=C\C/C=C\C/C=C\C/C=C\C/C=C\C/C=C\C/C=C\CCCC(=O)NC(COP(=O)(O)OCC[N+](C)(C)C)C(O)CCCCCCCCCCCCCCCCCCCCCCCCCCC. The molecular weight excluding hydrogens is 960 g/mol. The van der Waals surface area contributed by atoms with Crippen molar-refractivity contribution in [3.8, 4) is 0 Å². The minimum atomic E-state index is -4.35. The maximum Gasteiger partial charge on any atom is 0.472 e. The van der Waals surface area contributed by atoms with E-state index in [1.807, 2.05) is 21.1 Å². The number of aliphatic hydroxyl groups excluding tert-OH is 1. The summed E-state index contributed by atoms with van der Waals surface area (Å²) in [6.07, 6.45) is 83.1. The number of hydrogen-bond acceptors (Lipinski definition) is 5. The van der Waals surface area contributed by atoms with E-state index in [4.69, 9.17) is 9.05 Å². The van der Waals surface area contributed by atoms with E-state index in [-0.39, 0.29) is 19.1 Å². The zero-order chi connectivity index (χ0) is 55.6. The van der Waals surface area contributed by atoms with Gasteiger partial charge >= 0.3 is 7.82 Å². The van der Waals surface area contributed by atoms with E-state index in [0.717, 1.165) is 83.5 Å². The predicted octanol–water partition coefficient (Wildman–Crippen LogP) is 19.5. The minimum absolute atomic E-state index is 0.0580. The molecule has 0 heterocycles. The highest BCUT2D eigenvalue weighted by molar-refractivity contribution is 7.47. The van der Waals surface area contributed by atoms with Crippen LogP contribution in [0.25, 0.3) is 0 Å². The number of aliphatic hydroxyl groups is 1. The number of amides is 1. The molecule has 0 radical (unpaired) electrons. The van der Waals surface area contributed by atoms with Gasteiger partial charge in [-0.1, -0.05) is 284 Å². The van der Waals surface area contributed by atoms with Crippen molar-refractivity contribution in [1.29, 1.82) is 0 Å². The lowest BCUT2D eigenvalue weighted by molar-refractivity contribution is -0.870. The Morgan fingerprint density at radius 1 is 0.461 bits per heavy atom. The molecule has 3 unspecified atom stereocenters. The van der Waals surface area contributed by atoms with Gasteiger partial charge in [-0.25, -0.2) is 4.57 Å². The molecule has 0 aliphatic carbocycles. The fourth-order valence-corrected chi connectivity index (χ4v) is 9.43. The van der Waals surface area contributed by atoms with Crippen LogP contribution in [0.4, 0.5) is 0 Å². The molecule has 3 N–H and O–H groups in total. The third-order valence-corrected chi connectivity index (χ3v) is 14.5. The molecule has 0 aromatic rings. The Balaban J connectivity index is 4.27. The van der Waals surface area contributed by atoms with E-state index < -0.39 is 20.0 Å². The topological polar surface area (TPSA) is 105 Å². The Kier molecular flexibility index (Phi) is 54.7. The van der Waals surface area contributed by atoms with Gasteiger partial charge in [0.25, 0.3) is 0 Å². The van der Waals surface area contributed by atoms with Gasteiger partial charge in [0.15, 0.2) is 0 Å². The first-order valence-corrected chi connectivity index (χ1v) is 32.7. The number of hydrogen-bond donors (Lipinski definition) is 3. The Hall–Kier alpha value is -2.84. The van der Waals surface area contributed by atoms with Crippen LogP contribution in [0.3, 0.4) is 0 Å². The summed E-state index contributed by atoms with van der Waals surface area (Å²) >= 11 is 0. The molecule has 0 fully saturated rings. The van der Waals surface area contributed by atoms with E-state index in [1.54, 1.807) is 0 Å². The molecule has 9 heteroatoms. The molecule has 0 saturated carbocycles. The van der Waals surface area contributed by atoms with Crippen LogP contribution in [0, 0.1) is 0 Å². The number of unbranched alkanes of at least 4 members (excludes halogenated alkanes) is 25. The zero-order valence-electron chi connectivity index (χ0n) is 50.0. The lowest BCUT2D eigenvalue weighted by Crippen LogP contribution is -2.46. The number of likely N-dealkylation sites (N-methyl/N-ethyl adjacent to an activating group) is 1. The normalized spacial score (nSPS) is 14.6. The molecule has 0 aromatic heterocycles. The van der Waals surface area contributed by atoms with E-state index in [0.29, 0.717) is 30.3 Å². The molecular formula is C67H120N2O6P+. The fourth-order valence-electron chi connectivity index (χ4n) is 8.70. The summed E-state index contributed by atoms with van der Waals surface area (Å²) in [5.74, 6) is -0.203. The van der Waals surface area contributed by atoms with Gasteiger partial charge in [-0.05, 0) is 77.0 Å². The van der Waals surface area contributed by atoms with Crippen molar-refractivity contribution in [1.82, 2.24) is 5.32 Å². The average Bonchev–Trinajstić information content (AvgIpc) is 3.38. The van der Waals surface area contributed by atoms with Crippen LogP contribution >= 0.6 is 7.82 Å². The molecule has 0 aliphatic rings. The molecule has 3 atom stereocenters. The number of carbonyl (C=O) groups excluding carboxylic acids is 1. The van der Waals surface area contributed by atoms with Gasteiger partial charge in [-0.2, -0.15) is 0 Å². The lowest BCUT2D eigenvalue weighted by atomic mass is 10.0. The number of quaternary nitrogens is 1. The monoisotopic (exact) mass is 1080 g/mol. The second kappa shape index (κ2) is 56.9. The van der Waals surface area contributed by atoms with Crippen molar-refractivity contribution in [3.63, 3.8) is 0 Å². The first-order chi connectivity index (χ1) is 37.0. The first kappa shape index (κ1) is 73.2. The number of phosphoric acid groups is 1. The second-order valence-electron chi connectivity index (χ2n) is 22.1. The summed E-state index contributed by atoms with van der Waals surface area (Å²) in [7, 11) is 1.57. The summed E-state index contributed by atoms with van der Waals surface area (Å²) in [5.41, 5.74) is 0. The van der Waals surface area contributed by atoms with Crippen LogP contribution in [0.1, 0.15) is 258 Å². The van der Waals surface area contributed by atoms with Gasteiger partial charge in [0.2, 0.25) is 5.91 Å². The molecule has 76 heavy (non-hydrogen) atoms. The van der Waals surface area contributed by atoms with E-state index >= 15 is 0 Å². The van der Waals surface area contributed by atoms with Gasteiger partial charge < -0.3 is 19.8 Å². The van der Waals surface area contributed by atoms with Crippen molar-refractivity contribution in [2.75, 3.05) is 40.9 Å². The zero-order valence-corrected chi connectivity index (χ0v) is 50.9. The molecule has 1 amide bonds. The molecule has 8 nitrogen and oxygen atoms in total. The molecule has 0 saturated heterocycles. The van der Waals surface area contributed by atoms with Gasteiger partial charge in [0.1, 0.15) is 13.2 Å². The van der Waals surface area contributed by atoms with Crippen molar-refractivity contribution >= 4 is 13.7 Å². The highest BCUT2D eigenvalue weighted by Gasteiger charge is 2.28. The minimum Gasteiger partial charge on any atom is -0.391 e. The Bertz CT molecular complexity index is 1600. The lowest BCUT2D eigenvalue weighted by Gasteiger charge is -2.26. The molecule has 0 spiro atoms. The highest BCUT2D eigenvalue weighted by Crippen LogP contribution is 2.43. The van der Waals surface area contributed by atoms with Crippen LogP contribution < -0.4 is 5.32 Å². The van der Waals surface area contributed by atoms with Gasteiger partial charge in [0.05, 0.1) is 39.9 Å². The second-order valence-corrected chi connectivity index (χ2v) is 23.5. The van der Waals surface area contributed by atoms with E-state index in [1.165, 1.54) is 141 Å². The van der Waals surface area contributed by atoms with Gasteiger partial charge in [-0.3, -0.25) is 13.8 Å². The number of phosphoric ester groups is 1. The quantitative estimate of drug-likeness (QED) is 0.0243.